The number of ketones is 1. The van der Waals surface area contributed by atoms with Crippen LogP contribution in [0.3, 0.4) is 0 Å². The molecule has 0 aliphatic rings. The molecule has 0 amide bonds. The highest BCUT2D eigenvalue weighted by Crippen LogP contribution is 2.24. The molecular weight excluding hydrogens is 250 g/mol. The number of hydrogen-bond donors (Lipinski definition) is 0. The molecule has 0 atom stereocenters. The van der Waals surface area contributed by atoms with Crippen LogP contribution in [-0.4, -0.2) is 17.9 Å². The predicted molar refractivity (Wildman–Crippen MR) is 78.2 cm³/mol. The monoisotopic (exact) mass is 263 g/mol. The zero-order valence-corrected chi connectivity index (χ0v) is 11.0. The van der Waals surface area contributed by atoms with Gasteiger partial charge in [0.1, 0.15) is 5.75 Å². The third-order valence-electron chi connectivity index (χ3n) is 3.23. The normalized spacial score (nSPS) is 10.4. The highest BCUT2D eigenvalue weighted by molar-refractivity contribution is 6.16. The summed E-state index contributed by atoms with van der Waals surface area (Å²) >= 11 is 0. The molecule has 0 N–H and O–H groups in total. The van der Waals surface area contributed by atoms with Crippen LogP contribution in [0.25, 0.3) is 10.9 Å². The van der Waals surface area contributed by atoms with Crippen LogP contribution < -0.4 is 4.74 Å². The van der Waals surface area contributed by atoms with Crippen LogP contribution in [-0.2, 0) is 0 Å². The highest BCUT2D eigenvalue weighted by atomic mass is 16.5. The van der Waals surface area contributed by atoms with Crippen LogP contribution in [0.5, 0.6) is 5.75 Å². The first-order valence-corrected chi connectivity index (χ1v) is 6.33. The number of fused-ring (bicyclic) bond motifs is 1. The van der Waals surface area contributed by atoms with Gasteiger partial charge < -0.3 is 4.74 Å². The number of benzene rings is 2. The number of ether oxygens (including phenoxy) is 1. The maximum absolute atomic E-state index is 12.7. The second-order valence-electron chi connectivity index (χ2n) is 4.41. The minimum absolute atomic E-state index is 0.0771. The minimum Gasteiger partial charge on any atom is -0.496 e. The number of hydrogen-bond acceptors (Lipinski definition) is 3. The summed E-state index contributed by atoms with van der Waals surface area (Å²) in [6.45, 7) is 0. The highest BCUT2D eigenvalue weighted by Gasteiger charge is 2.16. The average Bonchev–Trinajstić information content (AvgIpc) is 2.53. The van der Waals surface area contributed by atoms with E-state index in [2.05, 4.69) is 4.98 Å². The number of pyridine rings is 1. The van der Waals surface area contributed by atoms with Gasteiger partial charge in [-0.1, -0.05) is 30.3 Å². The van der Waals surface area contributed by atoms with Crippen LogP contribution >= 0.6 is 0 Å². The Morgan fingerprint density at radius 1 is 0.950 bits per heavy atom. The number of methoxy groups -OCH3 is 1. The predicted octanol–water partition coefficient (Wildman–Crippen LogP) is 3.47. The van der Waals surface area contributed by atoms with Gasteiger partial charge in [-0.2, -0.15) is 0 Å². The Hall–Kier alpha value is -2.68. The maximum atomic E-state index is 12.7. The zero-order valence-electron chi connectivity index (χ0n) is 11.0. The molecule has 3 nitrogen and oxygen atoms in total. The molecule has 3 rings (SSSR count). The average molecular weight is 263 g/mol. The second-order valence-corrected chi connectivity index (χ2v) is 4.41. The Kier molecular flexibility index (Phi) is 3.17. The molecule has 0 saturated carbocycles. The number of nitrogens with zero attached hydrogens (tertiary/aromatic N) is 1. The molecule has 2 aromatic carbocycles. The first-order chi connectivity index (χ1) is 9.81. The fraction of sp³-hybridized carbons (Fsp3) is 0.0588. The van der Waals surface area contributed by atoms with E-state index in [4.69, 9.17) is 4.74 Å². The van der Waals surface area contributed by atoms with Gasteiger partial charge in [0.2, 0.25) is 0 Å². The molecule has 0 spiro atoms. The molecule has 1 aromatic heterocycles. The van der Waals surface area contributed by atoms with Gasteiger partial charge in [-0.05, 0) is 24.3 Å². The van der Waals surface area contributed by atoms with Crippen molar-refractivity contribution in [2.45, 2.75) is 0 Å². The molecule has 98 valence electrons. The van der Waals surface area contributed by atoms with Gasteiger partial charge in [0.05, 0.1) is 18.2 Å². The summed E-state index contributed by atoms with van der Waals surface area (Å²) in [4.78, 5) is 17.0. The van der Waals surface area contributed by atoms with Crippen molar-refractivity contribution < 1.29 is 9.53 Å². The van der Waals surface area contributed by atoms with Crippen LogP contribution in [0.15, 0.2) is 60.8 Å². The summed E-state index contributed by atoms with van der Waals surface area (Å²) in [5.74, 6) is 0.497. The first kappa shape index (κ1) is 12.4. The van der Waals surface area contributed by atoms with Crippen LogP contribution in [0.1, 0.15) is 15.9 Å². The second kappa shape index (κ2) is 5.13. The Balaban J connectivity index is 2.18. The molecule has 0 unspecified atom stereocenters. The van der Waals surface area contributed by atoms with Crippen molar-refractivity contribution in [3.63, 3.8) is 0 Å². The summed E-state index contributed by atoms with van der Waals surface area (Å²) < 4.78 is 5.26. The van der Waals surface area contributed by atoms with Crippen molar-refractivity contribution in [1.82, 2.24) is 4.98 Å². The molecule has 0 radical (unpaired) electrons. The van der Waals surface area contributed by atoms with Gasteiger partial charge in [0.25, 0.3) is 0 Å². The van der Waals surface area contributed by atoms with E-state index in [-0.39, 0.29) is 5.78 Å². The molecule has 3 aromatic rings. The van der Waals surface area contributed by atoms with Gasteiger partial charge in [0, 0.05) is 17.1 Å². The number of para-hydroxylation sites is 2. The fourth-order valence-corrected chi connectivity index (χ4v) is 2.26. The number of aromatic nitrogens is 1. The fourth-order valence-electron chi connectivity index (χ4n) is 2.26. The van der Waals surface area contributed by atoms with Crippen LogP contribution in [0, 0.1) is 0 Å². The van der Waals surface area contributed by atoms with Gasteiger partial charge in [0.15, 0.2) is 5.78 Å². The van der Waals surface area contributed by atoms with Crippen molar-refractivity contribution in [1.29, 1.82) is 0 Å². The topological polar surface area (TPSA) is 39.2 Å². The molecular formula is C17H13NO2. The van der Waals surface area contributed by atoms with Crippen molar-refractivity contribution >= 4 is 16.7 Å². The van der Waals surface area contributed by atoms with E-state index in [9.17, 15) is 4.79 Å². The Bertz CT molecular complexity index is 775. The van der Waals surface area contributed by atoms with E-state index >= 15 is 0 Å². The van der Waals surface area contributed by atoms with E-state index in [1.54, 1.807) is 31.5 Å². The molecule has 0 fully saturated rings. The standard InChI is InChI=1S/C17H13NO2/c1-20-15-10-3-2-8-13(15)17(19)14-9-4-6-12-7-5-11-18-16(12)14/h2-11H,1H3. The van der Waals surface area contributed by atoms with E-state index < -0.39 is 0 Å². The SMILES string of the molecule is COc1ccccc1C(=O)c1cccc2cccnc12. The lowest BCUT2D eigenvalue weighted by Gasteiger charge is -2.08. The quantitative estimate of drug-likeness (QED) is 0.679. The van der Waals surface area contributed by atoms with Crippen molar-refractivity contribution in [3.05, 3.63) is 71.9 Å². The molecule has 0 saturated heterocycles. The Labute approximate surface area is 116 Å². The van der Waals surface area contributed by atoms with Crippen LogP contribution in [0.4, 0.5) is 0 Å². The first-order valence-electron chi connectivity index (χ1n) is 6.33. The van der Waals surface area contributed by atoms with E-state index in [1.807, 2.05) is 36.4 Å². The Morgan fingerprint density at radius 3 is 2.55 bits per heavy atom. The van der Waals surface area contributed by atoms with Crippen molar-refractivity contribution in [2.24, 2.45) is 0 Å². The molecule has 0 bridgehead atoms. The molecule has 1 heterocycles. The van der Waals surface area contributed by atoms with E-state index in [1.165, 1.54) is 0 Å². The molecule has 3 heteroatoms. The van der Waals surface area contributed by atoms with Gasteiger partial charge in [-0.15, -0.1) is 0 Å². The third kappa shape index (κ3) is 2.03. The van der Waals surface area contributed by atoms with Gasteiger partial charge >= 0.3 is 0 Å². The largest absolute Gasteiger partial charge is 0.496 e. The summed E-state index contributed by atoms with van der Waals surface area (Å²) in [6.07, 6.45) is 1.70. The lowest BCUT2D eigenvalue weighted by molar-refractivity contribution is 0.103. The number of carbonyl (C=O) groups is 1. The van der Waals surface area contributed by atoms with E-state index in [0.717, 1.165) is 5.39 Å². The smallest absolute Gasteiger partial charge is 0.198 e. The molecule has 0 aliphatic carbocycles. The third-order valence-corrected chi connectivity index (χ3v) is 3.23. The van der Waals surface area contributed by atoms with Crippen LogP contribution in [0.2, 0.25) is 0 Å². The lowest BCUT2D eigenvalue weighted by Crippen LogP contribution is -2.05. The summed E-state index contributed by atoms with van der Waals surface area (Å²) in [5.41, 5.74) is 1.85. The summed E-state index contributed by atoms with van der Waals surface area (Å²) in [6, 6.07) is 16.6. The van der Waals surface area contributed by atoms with Gasteiger partial charge in [-0.3, -0.25) is 9.78 Å². The number of rotatable bonds is 3. The summed E-state index contributed by atoms with van der Waals surface area (Å²) in [5, 5.41) is 0.952. The molecule has 20 heavy (non-hydrogen) atoms. The zero-order chi connectivity index (χ0) is 13.9. The lowest BCUT2D eigenvalue weighted by atomic mass is 10.00. The summed E-state index contributed by atoms with van der Waals surface area (Å²) in [7, 11) is 1.56. The number of carbonyl (C=O) groups excluding carboxylic acids is 1. The molecule has 0 aliphatic heterocycles. The minimum atomic E-state index is -0.0771. The Morgan fingerprint density at radius 2 is 1.70 bits per heavy atom. The van der Waals surface area contributed by atoms with Gasteiger partial charge in [-0.25, -0.2) is 0 Å². The van der Waals surface area contributed by atoms with E-state index in [0.29, 0.717) is 22.4 Å². The maximum Gasteiger partial charge on any atom is 0.198 e. The van der Waals surface area contributed by atoms with Crippen molar-refractivity contribution in [2.75, 3.05) is 7.11 Å². The van der Waals surface area contributed by atoms with Crippen molar-refractivity contribution in [3.8, 4) is 5.75 Å².